The molecule has 1 atom stereocenters. The van der Waals surface area contributed by atoms with Crippen molar-refractivity contribution in [2.24, 2.45) is 0 Å². The number of methoxy groups -OCH3 is 1. The maximum atomic E-state index is 5.35. The molecule has 0 saturated carbocycles. The molecule has 2 heteroatoms. The summed E-state index contributed by atoms with van der Waals surface area (Å²) in [6, 6.07) is 4.43. The van der Waals surface area contributed by atoms with Gasteiger partial charge in [-0.2, -0.15) is 0 Å². The van der Waals surface area contributed by atoms with Gasteiger partial charge in [-0.25, -0.2) is 0 Å². The first-order chi connectivity index (χ1) is 7.10. The average molecular weight is 207 g/mol. The van der Waals surface area contributed by atoms with E-state index in [1.807, 2.05) is 7.05 Å². The van der Waals surface area contributed by atoms with Gasteiger partial charge in [-0.3, -0.25) is 0 Å². The summed E-state index contributed by atoms with van der Waals surface area (Å²) in [6.07, 6.45) is 0. The Kier molecular flexibility index (Phi) is 4.15. The first kappa shape index (κ1) is 12.1. The van der Waals surface area contributed by atoms with Crippen LogP contribution in [-0.2, 0) is 0 Å². The molecular formula is C13H21NO. The zero-order valence-corrected chi connectivity index (χ0v) is 10.3. The zero-order valence-electron chi connectivity index (χ0n) is 10.3. The van der Waals surface area contributed by atoms with Crippen molar-refractivity contribution >= 4 is 0 Å². The molecule has 84 valence electrons. The third-order valence-electron chi connectivity index (χ3n) is 2.77. The Morgan fingerprint density at radius 3 is 2.20 bits per heavy atom. The van der Waals surface area contributed by atoms with Gasteiger partial charge >= 0.3 is 0 Å². The van der Waals surface area contributed by atoms with Gasteiger partial charge in [0.15, 0.2) is 0 Å². The van der Waals surface area contributed by atoms with Gasteiger partial charge in [0, 0.05) is 6.54 Å². The number of nitrogens with one attached hydrogen (secondary N) is 1. The number of hydrogen-bond donors (Lipinski definition) is 1. The number of rotatable bonds is 4. The van der Waals surface area contributed by atoms with E-state index in [-0.39, 0.29) is 0 Å². The Balaban J connectivity index is 3.02. The van der Waals surface area contributed by atoms with Crippen molar-refractivity contribution < 1.29 is 4.74 Å². The highest BCUT2D eigenvalue weighted by Gasteiger charge is 2.09. The van der Waals surface area contributed by atoms with E-state index >= 15 is 0 Å². The van der Waals surface area contributed by atoms with Crippen LogP contribution in [0.1, 0.15) is 29.5 Å². The van der Waals surface area contributed by atoms with Crippen LogP contribution in [0.2, 0.25) is 0 Å². The predicted octanol–water partition coefficient (Wildman–Crippen LogP) is 2.63. The molecule has 15 heavy (non-hydrogen) atoms. The molecule has 2 nitrogen and oxygen atoms in total. The molecule has 0 fully saturated rings. The molecule has 0 aliphatic rings. The molecule has 0 bridgehead atoms. The first-order valence-corrected chi connectivity index (χ1v) is 5.39. The van der Waals surface area contributed by atoms with Gasteiger partial charge in [0.1, 0.15) is 5.75 Å². The van der Waals surface area contributed by atoms with Crippen LogP contribution in [0.5, 0.6) is 5.75 Å². The molecule has 0 saturated heterocycles. The van der Waals surface area contributed by atoms with Gasteiger partial charge < -0.3 is 10.1 Å². The Morgan fingerprint density at radius 2 is 1.80 bits per heavy atom. The number of benzene rings is 1. The summed E-state index contributed by atoms with van der Waals surface area (Å²) in [5, 5.41) is 3.20. The van der Waals surface area contributed by atoms with Crippen molar-refractivity contribution in [2.75, 3.05) is 20.7 Å². The quantitative estimate of drug-likeness (QED) is 0.819. The molecule has 0 aromatic heterocycles. The second-order valence-corrected chi connectivity index (χ2v) is 4.15. The molecule has 1 aromatic rings. The van der Waals surface area contributed by atoms with Gasteiger partial charge in [0.05, 0.1) is 7.11 Å². The Labute approximate surface area is 92.6 Å². The molecular weight excluding hydrogens is 186 g/mol. The number of ether oxygens (including phenoxy) is 1. The molecule has 0 heterocycles. The number of aryl methyl sites for hydroxylation is 2. The van der Waals surface area contributed by atoms with Crippen molar-refractivity contribution in [2.45, 2.75) is 26.7 Å². The van der Waals surface area contributed by atoms with Crippen LogP contribution in [0.4, 0.5) is 0 Å². The summed E-state index contributed by atoms with van der Waals surface area (Å²) in [4.78, 5) is 0. The van der Waals surface area contributed by atoms with Crippen LogP contribution < -0.4 is 10.1 Å². The molecule has 0 aliphatic heterocycles. The van der Waals surface area contributed by atoms with Crippen LogP contribution in [0.3, 0.4) is 0 Å². The molecule has 1 N–H and O–H groups in total. The van der Waals surface area contributed by atoms with E-state index in [1.54, 1.807) is 7.11 Å². The van der Waals surface area contributed by atoms with Crippen LogP contribution in [0.15, 0.2) is 12.1 Å². The lowest BCUT2D eigenvalue weighted by Gasteiger charge is -2.16. The topological polar surface area (TPSA) is 21.3 Å². The number of hydrogen-bond acceptors (Lipinski definition) is 2. The van der Waals surface area contributed by atoms with Gasteiger partial charge in [-0.05, 0) is 43.5 Å². The fourth-order valence-electron chi connectivity index (χ4n) is 2.01. The fraction of sp³-hybridized carbons (Fsp3) is 0.538. The minimum atomic E-state index is 0.540. The largest absolute Gasteiger partial charge is 0.496 e. The monoisotopic (exact) mass is 207 g/mol. The summed E-state index contributed by atoms with van der Waals surface area (Å²) < 4.78 is 5.35. The van der Waals surface area contributed by atoms with E-state index in [2.05, 4.69) is 38.2 Å². The van der Waals surface area contributed by atoms with Crippen molar-refractivity contribution in [1.82, 2.24) is 5.32 Å². The highest BCUT2D eigenvalue weighted by molar-refractivity contribution is 5.44. The summed E-state index contributed by atoms with van der Waals surface area (Å²) in [5.41, 5.74) is 3.81. The van der Waals surface area contributed by atoms with Crippen molar-refractivity contribution in [3.8, 4) is 5.75 Å². The van der Waals surface area contributed by atoms with Crippen molar-refractivity contribution in [1.29, 1.82) is 0 Å². The van der Waals surface area contributed by atoms with Gasteiger partial charge in [0.2, 0.25) is 0 Å². The minimum Gasteiger partial charge on any atom is -0.496 e. The highest BCUT2D eigenvalue weighted by atomic mass is 16.5. The van der Waals surface area contributed by atoms with E-state index in [0.717, 1.165) is 12.3 Å². The lowest BCUT2D eigenvalue weighted by Crippen LogP contribution is -2.15. The first-order valence-electron chi connectivity index (χ1n) is 5.39. The Bertz CT molecular complexity index is 310. The standard InChI is InChI=1S/C13H21NO/c1-9-6-12(11(3)8-14-4)7-10(2)13(9)15-5/h6-7,11,14H,8H2,1-5H3. The van der Waals surface area contributed by atoms with Gasteiger partial charge in [-0.15, -0.1) is 0 Å². The Morgan fingerprint density at radius 1 is 1.27 bits per heavy atom. The molecule has 1 rings (SSSR count). The summed E-state index contributed by atoms with van der Waals surface area (Å²) in [6.45, 7) is 7.44. The van der Waals surface area contributed by atoms with Gasteiger partial charge in [0.25, 0.3) is 0 Å². The molecule has 1 unspecified atom stereocenters. The smallest absolute Gasteiger partial charge is 0.124 e. The summed E-state index contributed by atoms with van der Waals surface area (Å²) >= 11 is 0. The Hall–Kier alpha value is -1.02. The van der Waals surface area contributed by atoms with E-state index in [0.29, 0.717) is 5.92 Å². The van der Waals surface area contributed by atoms with E-state index < -0.39 is 0 Å². The SMILES string of the molecule is CNCC(C)c1cc(C)c(OC)c(C)c1. The lowest BCUT2D eigenvalue weighted by molar-refractivity contribution is 0.408. The average Bonchev–Trinajstić information content (AvgIpc) is 2.17. The van der Waals surface area contributed by atoms with Crippen LogP contribution in [0, 0.1) is 13.8 Å². The zero-order chi connectivity index (χ0) is 11.4. The van der Waals surface area contributed by atoms with Gasteiger partial charge in [-0.1, -0.05) is 19.1 Å². The van der Waals surface area contributed by atoms with Crippen LogP contribution in [0.25, 0.3) is 0 Å². The third-order valence-corrected chi connectivity index (χ3v) is 2.77. The minimum absolute atomic E-state index is 0.540. The van der Waals surface area contributed by atoms with Crippen LogP contribution in [-0.4, -0.2) is 20.7 Å². The maximum absolute atomic E-state index is 5.35. The van der Waals surface area contributed by atoms with E-state index in [9.17, 15) is 0 Å². The predicted molar refractivity (Wildman–Crippen MR) is 64.8 cm³/mol. The number of likely N-dealkylation sites (N-methyl/N-ethyl adjacent to an activating group) is 1. The van der Waals surface area contributed by atoms with E-state index in [4.69, 9.17) is 4.74 Å². The third kappa shape index (κ3) is 2.72. The van der Waals surface area contributed by atoms with Crippen LogP contribution >= 0.6 is 0 Å². The van der Waals surface area contributed by atoms with Crippen molar-refractivity contribution in [3.63, 3.8) is 0 Å². The molecule has 0 aliphatic carbocycles. The summed E-state index contributed by atoms with van der Waals surface area (Å²) in [5.74, 6) is 1.55. The molecule has 0 radical (unpaired) electrons. The van der Waals surface area contributed by atoms with E-state index in [1.165, 1.54) is 16.7 Å². The highest BCUT2D eigenvalue weighted by Crippen LogP contribution is 2.27. The van der Waals surface area contributed by atoms with Crippen molar-refractivity contribution in [3.05, 3.63) is 28.8 Å². The molecule has 0 spiro atoms. The second kappa shape index (κ2) is 5.17. The summed E-state index contributed by atoms with van der Waals surface area (Å²) in [7, 11) is 3.71. The molecule has 0 amide bonds. The second-order valence-electron chi connectivity index (χ2n) is 4.15. The molecule has 1 aromatic carbocycles. The normalized spacial score (nSPS) is 12.6. The maximum Gasteiger partial charge on any atom is 0.124 e. The fourth-order valence-corrected chi connectivity index (χ4v) is 2.01. The lowest BCUT2D eigenvalue weighted by atomic mass is 9.96.